The standard InChI is InChI=1S/C10H12O5/c1-3-5-9(7(11)12)10(15-9,6-4-2)8(13)14/h3-4H,1-2,5-6H2,(H,11,12)(H,13,14)/t9-,10-/m1/s1. The van der Waals surface area contributed by atoms with Crippen molar-refractivity contribution in [3.63, 3.8) is 0 Å². The van der Waals surface area contributed by atoms with Gasteiger partial charge in [0.1, 0.15) is 0 Å². The van der Waals surface area contributed by atoms with Gasteiger partial charge in [0, 0.05) is 12.8 Å². The molecule has 0 aromatic carbocycles. The van der Waals surface area contributed by atoms with Gasteiger partial charge in [-0.05, 0) is 0 Å². The van der Waals surface area contributed by atoms with Gasteiger partial charge in [-0.1, -0.05) is 12.2 Å². The summed E-state index contributed by atoms with van der Waals surface area (Å²) in [7, 11) is 0. The third-order valence-electron chi connectivity index (χ3n) is 2.51. The lowest BCUT2D eigenvalue weighted by Crippen LogP contribution is -2.39. The van der Waals surface area contributed by atoms with Crippen LogP contribution in [0.2, 0.25) is 0 Å². The van der Waals surface area contributed by atoms with Crippen LogP contribution < -0.4 is 0 Å². The van der Waals surface area contributed by atoms with Gasteiger partial charge in [-0.2, -0.15) is 0 Å². The molecule has 0 bridgehead atoms. The van der Waals surface area contributed by atoms with Gasteiger partial charge >= 0.3 is 11.9 Å². The van der Waals surface area contributed by atoms with Crippen LogP contribution >= 0.6 is 0 Å². The van der Waals surface area contributed by atoms with Crippen LogP contribution in [0.5, 0.6) is 0 Å². The van der Waals surface area contributed by atoms with Crippen molar-refractivity contribution < 1.29 is 24.5 Å². The Labute approximate surface area is 86.7 Å². The van der Waals surface area contributed by atoms with Gasteiger partial charge < -0.3 is 14.9 Å². The maximum absolute atomic E-state index is 11.0. The van der Waals surface area contributed by atoms with Crippen LogP contribution in [-0.2, 0) is 14.3 Å². The van der Waals surface area contributed by atoms with Gasteiger partial charge in [0.2, 0.25) is 11.2 Å². The minimum absolute atomic E-state index is 0.0392. The molecule has 0 aliphatic carbocycles. The Morgan fingerprint density at radius 2 is 1.40 bits per heavy atom. The van der Waals surface area contributed by atoms with Gasteiger partial charge in [-0.25, -0.2) is 9.59 Å². The van der Waals surface area contributed by atoms with E-state index in [-0.39, 0.29) is 12.8 Å². The SMILES string of the molecule is C=CC[C@]1(C(=O)O)O[C@]1(CC=C)C(=O)O. The van der Waals surface area contributed by atoms with E-state index in [0.29, 0.717) is 0 Å². The van der Waals surface area contributed by atoms with Crippen LogP contribution in [0, 0.1) is 0 Å². The van der Waals surface area contributed by atoms with E-state index in [1.165, 1.54) is 12.2 Å². The minimum Gasteiger partial charge on any atom is -0.479 e. The first kappa shape index (κ1) is 11.5. The smallest absolute Gasteiger partial charge is 0.340 e. The van der Waals surface area contributed by atoms with Gasteiger partial charge in [-0.3, -0.25) is 0 Å². The normalized spacial score (nSPS) is 33.1. The van der Waals surface area contributed by atoms with Crippen LogP contribution in [0.1, 0.15) is 12.8 Å². The highest BCUT2D eigenvalue weighted by molar-refractivity contribution is 5.96. The van der Waals surface area contributed by atoms with Crippen LogP contribution in [-0.4, -0.2) is 33.4 Å². The van der Waals surface area contributed by atoms with Crippen molar-refractivity contribution in [3.8, 4) is 0 Å². The summed E-state index contributed by atoms with van der Waals surface area (Å²) in [6.07, 6.45) is 2.59. The van der Waals surface area contributed by atoms with E-state index in [0.717, 1.165) is 0 Å². The number of carboxylic acid groups (broad SMARTS) is 2. The highest BCUT2D eigenvalue weighted by atomic mass is 16.7. The summed E-state index contributed by atoms with van der Waals surface area (Å²) in [4.78, 5) is 22.0. The molecule has 1 heterocycles. The summed E-state index contributed by atoms with van der Waals surface area (Å²) in [6.45, 7) is 6.78. The van der Waals surface area contributed by atoms with E-state index in [2.05, 4.69) is 13.2 Å². The van der Waals surface area contributed by atoms with Crippen molar-refractivity contribution in [1.29, 1.82) is 0 Å². The van der Waals surface area contributed by atoms with Crippen molar-refractivity contribution in [1.82, 2.24) is 0 Å². The Morgan fingerprint density at radius 3 is 1.60 bits per heavy atom. The summed E-state index contributed by atoms with van der Waals surface area (Å²) < 4.78 is 4.95. The monoisotopic (exact) mass is 212 g/mol. The summed E-state index contributed by atoms with van der Waals surface area (Å²) in [5.74, 6) is -2.57. The quantitative estimate of drug-likeness (QED) is 0.502. The van der Waals surface area contributed by atoms with Crippen LogP contribution in [0.15, 0.2) is 25.3 Å². The van der Waals surface area contributed by atoms with E-state index < -0.39 is 23.1 Å². The molecule has 82 valence electrons. The number of ether oxygens (including phenoxy) is 1. The molecule has 0 aromatic rings. The van der Waals surface area contributed by atoms with Crippen molar-refractivity contribution in [2.45, 2.75) is 24.0 Å². The molecule has 1 saturated heterocycles. The molecule has 5 heteroatoms. The van der Waals surface area contributed by atoms with Crippen LogP contribution in [0.4, 0.5) is 0 Å². The molecule has 5 nitrogen and oxygen atoms in total. The summed E-state index contributed by atoms with van der Waals surface area (Å²) in [6, 6.07) is 0. The molecule has 0 amide bonds. The molecule has 0 aromatic heterocycles. The van der Waals surface area contributed by atoms with E-state index in [4.69, 9.17) is 14.9 Å². The van der Waals surface area contributed by atoms with Gasteiger partial charge in [-0.15, -0.1) is 13.2 Å². The Hall–Kier alpha value is -1.62. The molecular formula is C10H12O5. The number of carbonyl (C=O) groups is 2. The fraction of sp³-hybridized carbons (Fsp3) is 0.400. The van der Waals surface area contributed by atoms with Gasteiger partial charge in [0.05, 0.1) is 0 Å². The third kappa shape index (κ3) is 1.35. The predicted octanol–water partition coefficient (Wildman–Crippen LogP) is 0.816. The topological polar surface area (TPSA) is 87.1 Å². The molecule has 1 aliphatic rings. The first-order valence-electron chi connectivity index (χ1n) is 4.35. The van der Waals surface area contributed by atoms with E-state index in [1.807, 2.05) is 0 Å². The number of hydrogen-bond donors (Lipinski definition) is 2. The second-order valence-electron chi connectivity index (χ2n) is 3.35. The largest absolute Gasteiger partial charge is 0.479 e. The molecule has 15 heavy (non-hydrogen) atoms. The fourth-order valence-electron chi connectivity index (χ4n) is 1.70. The second kappa shape index (κ2) is 3.51. The molecule has 0 saturated carbocycles. The van der Waals surface area contributed by atoms with Gasteiger partial charge in [0.15, 0.2) is 0 Å². The zero-order valence-electron chi connectivity index (χ0n) is 8.10. The maximum atomic E-state index is 11.0. The molecular weight excluding hydrogens is 200 g/mol. The lowest BCUT2D eigenvalue weighted by Gasteiger charge is -2.09. The molecule has 1 rings (SSSR count). The zero-order valence-corrected chi connectivity index (χ0v) is 8.10. The zero-order chi connectivity index (χ0) is 11.7. The Morgan fingerprint density at radius 1 is 1.07 bits per heavy atom. The van der Waals surface area contributed by atoms with E-state index in [1.54, 1.807) is 0 Å². The highest BCUT2D eigenvalue weighted by Gasteiger charge is 2.78. The molecule has 0 radical (unpaired) electrons. The number of carboxylic acids is 2. The number of epoxide rings is 1. The lowest BCUT2D eigenvalue weighted by atomic mass is 9.87. The predicted molar refractivity (Wildman–Crippen MR) is 51.4 cm³/mol. The summed E-state index contributed by atoms with van der Waals surface area (Å²) in [5.41, 5.74) is -3.37. The second-order valence-corrected chi connectivity index (χ2v) is 3.35. The Balaban J connectivity index is 3.06. The van der Waals surface area contributed by atoms with Crippen molar-refractivity contribution >= 4 is 11.9 Å². The molecule has 0 spiro atoms. The van der Waals surface area contributed by atoms with E-state index in [9.17, 15) is 9.59 Å². The molecule has 2 N–H and O–H groups in total. The average Bonchev–Trinajstić information content (AvgIpc) is 2.78. The first-order chi connectivity index (χ1) is 6.97. The summed E-state index contributed by atoms with van der Waals surface area (Å²) in [5, 5.41) is 18.0. The van der Waals surface area contributed by atoms with Crippen molar-refractivity contribution in [3.05, 3.63) is 25.3 Å². The first-order valence-corrected chi connectivity index (χ1v) is 4.35. The Bertz CT molecular complexity index is 303. The number of hydrogen-bond acceptors (Lipinski definition) is 3. The number of aliphatic carboxylic acids is 2. The molecule has 0 unspecified atom stereocenters. The molecule has 1 fully saturated rings. The lowest BCUT2D eigenvalue weighted by molar-refractivity contribution is -0.146. The third-order valence-corrected chi connectivity index (χ3v) is 2.51. The van der Waals surface area contributed by atoms with E-state index >= 15 is 0 Å². The molecule has 1 aliphatic heterocycles. The fourth-order valence-corrected chi connectivity index (χ4v) is 1.70. The Kier molecular flexibility index (Phi) is 2.68. The van der Waals surface area contributed by atoms with Crippen LogP contribution in [0.3, 0.4) is 0 Å². The average molecular weight is 212 g/mol. The van der Waals surface area contributed by atoms with Crippen molar-refractivity contribution in [2.75, 3.05) is 0 Å². The number of rotatable bonds is 6. The highest BCUT2D eigenvalue weighted by Crippen LogP contribution is 2.53. The molecule has 2 atom stereocenters. The minimum atomic E-state index is -1.69. The van der Waals surface area contributed by atoms with Crippen LogP contribution in [0.25, 0.3) is 0 Å². The summed E-state index contributed by atoms with van der Waals surface area (Å²) >= 11 is 0. The van der Waals surface area contributed by atoms with Crippen molar-refractivity contribution in [2.24, 2.45) is 0 Å². The van der Waals surface area contributed by atoms with Gasteiger partial charge in [0.25, 0.3) is 0 Å². The maximum Gasteiger partial charge on any atom is 0.340 e.